The van der Waals surface area contributed by atoms with E-state index in [0.717, 1.165) is 25.0 Å². The predicted octanol–water partition coefficient (Wildman–Crippen LogP) is 2.19. The Morgan fingerprint density at radius 2 is 1.95 bits per heavy atom. The number of hydrogen-bond donors (Lipinski definition) is 3. The van der Waals surface area contributed by atoms with Crippen LogP contribution in [0.5, 0.6) is 0 Å². The summed E-state index contributed by atoms with van der Waals surface area (Å²) >= 11 is 1.82. The molecule has 3 amide bonds. The molecule has 0 spiro atoms. The highest BCUT2D eigenvalue weighted by Crippen LogP contribution is 2.35. The summed E-state index contributed by atoms with van der Waals surface area (Å²) in [5, 5.41) is 8.67. The molecule has 2 heterocycles. The highest BCUT2D eigenvalue weighted by molar-refractivity contribution is 7.99. The number of fused-ring (bicyclic) bond motifs is 1. The number of thioether (sulfide) groups is 1. The van der Waals surface area contributed by atoms with Crippen molar-refractivity contribution in [3.8, 4) is 0 Å². The fourth-order valence-electron chi connectivity index (χ4n) is 2.93. The second kappa shape index (κ2) is 7.05. The van der Waals surface area contributed by atoms with Gasteiger partial charge in [0.2, 0.25) is 5.91 Å². The van der Waals surface area contributed by atoms with Gasteiger partial charge >= 0.3 is 6.03 Å². The molecule has 0 bridgehead atoms. The average Bonchev–Trinajstić information content (AvgIpc) is 2.73. The Kier molecular flexibility index (Phi) is 4.87. The molecular formula is C16H21N3O2S. The summed E-state index contributed by atoms with van der Waals surface area (Å²) in [4.78, 5) is 25.3. The topological polar surface area (TPSA) is 70.2 Å². The Morgan fingerprint density at radius 1 is 1.14 bits per heavy atom. The van der Waals surface area contributed by atoms with Crippen LogP contribution in [-0.2, 0) is 4.79 Å². The number of amides is 3. The first-order valence-corrected chi connectivity index (χ1v) is 8.79. The number of nitrogens with one attached hydrogen (secondary N) is 3. The van der Waals surface area contributed by atoms with E-state index in [-0.39, 0.29) is 18.0 Å². The summed E-state index contributed by atoms with van der Waals surface area (Å²) in [6.45, 7) is 0.700. The summed E-state index contributed by atoms with van der Waals surface area (Å²) < 4.78 is 0. The van der Waals surface area contributed by atoms with E-state index in [1.54, 1.807) is 0 Å². The summed E-state index contributed by atoms with van der Waals surface area (Å²) in [6, 6.07) is 7.51. The first kappa shape index (κ1) is 15.2. The van der Waals surface area contributed by atoms with Crippen molar-refractivity contribution in [2.75, 3.05) is 12.3 Å². The third-order valence-electron chi connectivity index (χ3n) is 4.10. The summed E-state index contributed by atoms with van der Waals surface area (Å²) in [5.74, 6) is 0.915. The van der Waals surface area contributed by atoms with Crippen molar-refractivity contribution < 1.29 is 9.59 Å². The summed E-state index contributed by atoms with van der Waals surface area (Å²) in [6.07, 6.45) is 3.54. The first-order valence-electron chi connectivity index (χ1n) is 7.80. The first-order chi connectivity index (χ1) is 10.7. The molecule has 2 aliphatic heterocycles. The molecule has 22 heavy (non-hydrogen) atoms. The Bertz CT molecular complexity index is 564. The van der Waals surface area contributed by atoms with Crippen molar-refractivity contribution in [1.82, 2.24) is 16.0 Å². The molecule has 3 N–H and O–H groups in total. The van der Waals surface area contributed by atoms with Crippen molar-refractivity contribution in [3.63, 3.8) is 0 Å². The summed E-state index contributed by atoms with van der Waals surface area (Å²) in [5.41, 5.74) is 1.17. The lowest BCUT2D eigenvalue weighted by Gasteiger charge is -2.26. The zero-order chi connectivity index (χ0) is 15.4. The molecule has 0 aromatic heterocycles. The van der Waals surface area contributed by atoms with E-state index in [2.05, 4.69) is 28.1 Å². The van der Waals surface area contributed by atoms with Crippen LogP contribution in [0.4, 0.5) is 4.79 Å². The van der Waals surface area contributed by atoms with Crippen molar-refractivity contribution in [2.24, 2.45) is 0 Å². The molecule has 1 fully saturated rings. The maximum absolute atomic E-state index is 12.2. The van der Waals surface area contributed by atoms with E-state index in [1.165, 1.54) is 10.5 Å². The summed E-state index contributed by atoms with van der Waals surface area (Å²) in [7, 11) is 0. The predicted molar refractivity (Wildman–Crippen MR) is 86.8 cm³/mol. The third kappa shape index (κ3) is 3.55. The molecule has 1 aromatic carbocycles. The molecule has 0 radical (unpaired) electrons. The van der Waals surface area contributed by atoms with Gasteiger partial charge in [-0.2, -0.15) is 0 Å². The molecule has 6 heteroatoms. The van der Waals surface area contributed by atoms with Gasteiger partial charge in [0.25, 0.3) is 0 Å². The number of carbonyl (C=O) groups is 2. The molecule has 1 saturated heterocycles. The lowest BCUT2D eigenvalue weighted by atomic mass is 10.0. The van der Waals surface area contributed by atoms with Crippen LogP contribution in [0.3, 0.4) is 0 Å². The van der Waals surface area contributed by atoms with Crippen LogP contribution in [0, 0.1) is 0 Å². The van der Waals surface area contributed by atoms with Gasteiger partial charge in [0.05, 0.1) is 6.04 Å². The molecule has 0 unspecified atom stereocenters. The van der Waals surface area contributed by atoms with Gasteiger partial charge in [0.15, 0.2) is 0 Å². The van der Waals surface area contributed by atoms with E-state index >= 15 is 0 Å². The smallest absolute Gasteiger partial charge is 0.315 e. The van der Waals surface area contributed by atoms with Crippen LogP contribution in [-0.4, -0.2) is 30.3 Å². The fraction of sp³-hybridized carbons (Fsp3) is 0.500. The van der Waals surface area contributed by atoms with Crippen LogP contribution in [0.15, 0.2) is 29.2 Å². The maximum Gasteiger partial charge on any atom is 0.315 e. The second-order valence-electron chi connectivity index (χ2n) is 5.68. The SMILES string of the molecule is O=C(N[C@H]1CCCCNC1=O)N[C@H]1CCSc2ccccc21. The number of benzene rings is 1. The van der Waals surface area contributed by atoms with Crippen molar-refractivity contribution >= 4 is 23.7 Å². The Labute approximate surface area is 134 Å². The molecule has 0 saturated carbocycles. The minimum Gasteiger partial charge on any atom is -0.354 e. The molecule has 0 aliphatic carbocycles. The molecule has 3 rings (SSSR count). The van der Waals surface area contributed by atoms with Gasteiger partial charge in [-0.05, 0) is 37.3 Å². The van der Waals surface area contributed by atoms with E-state index in [0.29, 0.717) is 13.0 Å². The van der Waals surface area contributed by atoms with Crippen LogP contribution >= 0.6 is 11.8 Å². The van der Waals surface area contributed by atoms with Crippen LogP contribution in [0.1, 0.15) is 37.3 Å². The quantitative estimate of drug-likeness (QED) is 0.782. The van der Waals surface area contributed by atoms with Crippen molar-refractivity contribution in [1.29, 1.82) is 0 Å². The van der Waals surface area contributed by atoms with Crippen molar-refractivity contribution in [2.45, 2.75) is 42.7 Å². The lowest BCUT2D eigenvalue weighted by Crippen LogP contribution is -2.50. The van der Waals surface area contributed by atoms with Gasteiger partial charge in [-0.25, -0.2) is 4.79 Å². The highest BCUT2D eigenvalue weighted by Gasteiger charge is 2.25. The van der Waals surface area contributed by atoms with Crippen LogP contribution in [0.2, 0.25) is 0 Å². The highest BCUT2D eigenvalue weighted by atomic mass is 32.2. The van der Waals surface area contributed by atoms with E-state index in [1.807, 2.05) is 23.9 Å². The van der Waals surface area contributed by atoms with Crippen molar-refractivity contribution in [3.05, 3.63) is 29.8 Å². The van der Waals surface area contributed by atoms with E-state index in [9.17, 15) is 9.59 Å². The molecule has 2 aliphatic rings. The number of urea groups is 1. The second-order valence-corrected chi connectivity index (χ2v) is 6.82. The van der Waals surface area contributed by atoms with Gasteiger partial charge in [-0.1, -0.05) is 18.2 Å². The number of carbonyl (C=O) groups excluding carboxylic acids is 2. The van der Waals surface area contributed by atoms with Gasteiger partial charge < -0.3 is 16.0 Å². The molecule has 5 nitrogen and oxygen atoms in total. The Hall–Kier alpha value is -1.69. The fourth-order valence-corrected chi connectivity index (χ4v) is 4.05. The van der Waals surface area contributed by atoms with Crippen LogP contribution < -0.4 is 16.0 Å². The minimum atomic E-state index is -0.421. The third-order valence-corrected chi connectivity index (χ3v) is 5.23. The maximum atomic E-state index is 12.2. The van der Waals surface area contributed by atoms with Gasteiger partial charge in [-0.15, -0.1) is 11.8 Å². The van der Waals surface area contributed by atoms with Gasteiger partial charge in [-0.3, -0.25) is 4.79 Å². The van der Waals surface area contributed by atoms with E-state index in [4.69, 9.17) is 0 Å². The largest absolute Gasteiger partial charge is 0.354 e. The standard InChI is InChI=1S/C16H21N3O2S/c20-15-13(6-3-4-9-17-15)19-16(21)18-12-8-10-22-14-7-2-1-5-11(12)14/h1-2,5,7,12-13H,3-4,6,8-10H2,(H,17,20)(H2,18,19,21)/t12-,13-/m0/s1. The van der Waals surface area contributed by atoms with E-state index < -0.39 is 6.04 Å². The normalized spacial score (nSPS) is 24.6. The van der Waals surface area contributed by atoms with Gasteiger partial charge in [0, 0.05) is 17.2 Å². The van der Waals surface area contributed by atoms with Gasteiger partial charge in [0.1, 0.15) is 6.04 Å². The minimum absolute atomic E-state index is 0.0197. The molecular weight excluding hydrogens is 298 g/mol. The zero-order valence-corrected chi connectivity index (χ0v) is 13.2. The zero-order valence-electron chi connectivity index (χ0n) is 12.4. The lowest BCUT2D eigenvalue weighted by molar-refractivity contribution is -0.122. The average molecular weight is 319 g/mol. The molecule has 1 aromatic rings. The molecule has 118 valence electrons. The number of rotatable bonds is 2. The number of hydrogen-bond acceptors (Lipinski definition) is 3. The molecule has 2 atom stereocenters. The van der Waals surface area contributed by atoms with Crippen LogP contribution in [0.25, 0.3) is 0 Å². The Morgan fingerprint density at radius 3 is 2.86 bits per heavy atom. The monoisotopic (exact) mass is 319 g/mol. The Balaban J connectivity index is 1.61.